The van der Waals surface area contributed by atoms with Gasteiger partial charge in [0.1, 0.15) is 23.3 Å². The van der Waals surface area contributed by atoms with Gasteiger partial charge < -0.3 is 4.74 Å². The van der Waals surface area contributed by atoms with E-state index in [0.717, 1.165) is 11.1 Å². The number of hydrogen-bond donors (Lipinski definition) is 1. The molecule has 6 nitrogen and oxygen atoms in total. The second-order valence-corrected chi connectivity index (χ2v) is 7.90. The number of ether oxygens (including phenoxy) is 1. The lowest BCUT2D eigenvalue weighted by atomic mass is 10.2. The van der Waals surface area contributed by atoms with Crippen molar-refractivity contribution in [3.05, 3.63) is 118 Å². The summed E-state index contributed by atoms with van der Waals surface area (Å²) >= 11 is 6.50. The predicted octanol–water partition coefficient (Wildman–Crippen LogP) is 5.38. The Bertz CT molecular complexity index is 1300. The van der Waals surface area contributed by atoms with E-state index in [9.17, 15) is 9.18 Å². The summed E-state index contributed by atoms with van der Waals surface area (Å²) in [6, 6.07) is 22.7. The number of para-hydroxylation sites is 1. The van der Waals surface area contributed by atoms with Crippen LogP contribution < -0.4 is 10.2 Å². The molecule has 0 saturated carbocycles. The number of rotatable bonds is 8. The molecule has 0 aliphatic carbocycles. The molecular weight excluding hydrogens is 455 g/mol. The predicted molar refractivity (Wildman–Crippen MR) is 130 cm³/mol. The first-order valence-corrected chi connectivity index (χ1v) is 11.0. The largest absolute Gasteiger partial charge is 0.488 e. The highest BCUT2D eigenvalue weighted by Gasteiger charge is 2.14. The number of amides is 1. The van der Waals surface area contributed by atoms with Crippen molar-refractivity contribution in [1.29, 1.82) is 0 Å². The smallest absolute Gasteiger partial charge is 0.275 e. The summed E-state index contributed by atoms with van der Waals surface area (Å²) in [6.45, 7) is 2.55. The second kappa shape index (κ2) is 10.8. The first-order chi connectivity index (χ1) is 16.5. The van der Waals surface area contributed by atoms with Crippen molar-refractivity contribution >= 4 is 23.7 Å². The number of aryl methyl sites for hydroxylation is 1. The maximum atomic E-state index is 13.1. The van der Waals surface area contributed by atoms with Crippen LogP contribution >= 0.6 is 11.6 Å². The average molecular weight is 477 g/mol. The molecule has 0 saturated heterocycles. The summed E-state index contributed by atoms with van der Waals surface area (Å²) in [7, 11) is 0. The maximum Gasteiger partial charge on any atom is 0.275 e. The zero-order chi connectivity index (χ0) is 23.9. The van der Waals surface area contributed by atoms with Crippen LogP contribution in [0.3, 0.4) is 0 Å². The number of carbonyl (C=O) groups excluding carboxylic acids is 1. The molecule has 3 aromatic carbocycles. The molecule has 0 bridgehead atoms. The molecule has 0 aliphatic heterocycles. The Morgan fingerprint density at radius 1 is 1.06 bits per heavy atom. The third kappa shape index (κ3) is 5.68. The Kier molecular flexibility index (Phi) is 7.34. The molecule has 0 unspecified atom stereocenters. The molecule has 172 valence electrons. The van der Waals surface area contributed by atoms with E-state index in [2.05, 4.69) is 15.6 Å². The van der Waals surface area contributed by atoms with Crippen molar-refractivity contribution in [2.75, 3.05) is 0 Å². The summed E-state index contributed by atoms with van der Waals surface area (Å²) in [4.78, 5) is 12.7. The van der Waals surface area contributed by atoms with E-state index < -0.39 is 5.91 Å². The minimum absolute atomic E-state index is 0.198. The van der Waals surface area contributed by atoms with Gasteiger partial charge in [0.05, 0.1) is 29.6 Å². The van der Waals surface area contributed by atoms with E-state index in [0.29, 0.717) is 34.3 Å². The zero-order valence-electron chi connectivity index (χ0n) is 18.4. The van der Waals surface area contributed by atoms with Gasteiger partial charge in [-0.05, 0) is 42.3 Å². The van der Waals surface area contributed by atoms with Crippen molar-refractivity contribution in [3.8, 4) is 5.75 Å². The minimum atomic E-state index is -0.434. The summed E-state index contributed by atoms with van der Waals surface area (Å²) in [5.74, 6) is -0.358. The third-order valence-electron chi connectivity index (χ3n) is 5.08. The van der Waals surface area contributed by atoms with Crippen LogP contribution in [0, 0.1) is 12.7 Å². The lowest BCUT2D eigenvalue weighted by Crippen LogP contribution is -2.18. The number of benzene rings is 3. The fourth-order valence-electron chi connectivity index (χ4n) is 3.31. The second-order valence-electron chi connectivity index (χ2n) is 7.54. The van der Waals surface area contributed by atoms with Crippen LogP contribution in [-0.2, 0) is 13.2 Å². The molecule has 0 spiro atoms. The highest BCUT2D eigenvalue weighted by molar-refractivity contribution is 6.32. The monoisotopic (exact) mass is 476 g/mol. The molecular formula is C26H22ClFN4O2. The summed E-state index contributed by atoms with van der Waals surface area (Å²) in [5, 5.41) is 8.97. The SMILES string of the molecule is Cc1nn(Cc2ccccc2)c(Cl)c1/C=N\NC(=O)c1ccccc1OCc1ccc(F)cc1. The number of aromatic nitrogens is 2. The third-order valence-corrected chi connectivity index (χ3v) is 5.48. The van der Waals surface area contributed by atoms with Gasteiger partial charge in [-0.2, -0.15) is 10.2 Å². The van der Waals surface area contributed by atoms with Crippen LogP contribution in [0.25, 0.3) is 0 Å². The van der Waals surface area contributed by atoms with Gasteiger partial charge in [0.25, 0.3) is 5.91 Å². The van der Waals surface area contributed by atoms with Crippen LogP contribution in [0.2, 0.25) is 5.15 Å². The standard InChI is InChI=1S/C26H22ClFN4O2/c1-18-23(25(27)32(31-18)16-19-7-3-2-4-8-19)15-29-30-26(33)22-9-5-6-10-24(22)34-17-20-11-13-21(28)14-12-20/h2-15H,16-17H2,1H3,(H,30,33)/b29-15-. The molecule has 0 aliphatic rings. The maximum absolute atomic E-state index is 13.1. The van der Waals surface area contributed by atoms with E-state index in [4.69, 9.17) is 16.3 Å². The van der Waals surface area contributed by atoms with E-state index in [1.165, 1.54) is 18.3 Å². The van der Waals surface area contributed by atoms with Crippen LogP contribution in [0.15, 0.2) is 84.0 Å². The van der Waals surface area contributed by atoms with Gasteiger partial charge in [-0.1, -0.05) is 66.2 Å². The number of hydrogen-bond acceptors (Lipinski definition) is 4. The topological polar surface area (TPSA) is 68.5 Å². The Morgan fingerprint density at radius 2 is 1.76 bits per heavy atom. The average Bonchev–Trinajstić information content (AvgIpc) is 3.11. The van der Waals surface area contributed by atoms with Crippen molar-refractivity contribution in [2.24, 2.45) is 5.10 Å². The van der Waals surface area contributed by atoms with Crippen molar-refractivity contribution in [2.45, 2.75) is 20.1 Å². The first kappa shape index (κ1) is 23.2. The van der Waals surface area contributed by atoms with Gasteiger partial charge >= 0.3 is 0 Å². The first-order valence-electron chi connectivity index (χ1n) is 10.6. The summed E-state index contributed by atoms with van der Waals surface area (Å²) < 4.78 is 20.6. The molecule has 4 aromatic rings. The quantitative estimate of drug-likeness (QED) is 0.274. The Hall–Kier alpha value is -3.97. The number of carbonyl (C=O) groups is 1. The van der Waals surface area contributed by atoms with E-state index in [-0.39, 0.29) is 12.4 Å². The van der Waals surface area contributed by atoms with Crippen molar-refractivity contribution in [1.82, 2.24) is 15.2 Å². The summed E-state index contributed by atoms with van der Waals surface area (Å²) in [5.41, 5.74) is 6.01. The number of nitrogens with zero attached hydrogens (tertiary/aromatic N) is 3. The van der Waals surface area contributed by atoms with Crippen LogP contribution in [0.5, 0.6) is 5.75 Å². The van der Waals surface area contributed by atoms with Gasteiger partial charge in [-0.3, -0.25) is 4.79 Å². The fraction of sp³-hybridized carbons (Fsp3) is 0.115. The van der Waals surface area contributed by atoms with Gasteiger partial charge in [0.15, 0.2) is 0 Å². The normalized spacial score (nSPS) is 11.0. The van der Waals surface area contributed by atoms with E-state index >= 15 is 0 Å². The van der Waals surface area contributed by atoms with Crippen molar-refractivity contribution < 1.29 is 13.9 Å². The number of halogens is 2. The molecule has 1 amide bonds. The van der Waals surface area contributed by atoms with Gasteiger partial charge in [0.2, 0.25) is 0 Å². The molecule has 1 heterocycles. The van der Waals surface area contributed by atoms with E-state index in [1.54, 1.807) is 41.1 Å². The lowest BCUT2D eigenvalue weighted by Gasteiger charge is -2.10. The Balaban J connectivity index is 1.42. The van der Waals surface area contributed by atoms with Crippen molar-refractivity contribution in [3.63, 3.8) is 0 Å². The number of hydrazone groups is 1. The van der Waals surface area contributed by atoms with Gasteiger partial charge in [-0.15, -0.1) is 0 Å². The fourth-order valence-corrected chi connectivity index (χ4v) is 3.60. The molecule has 1 aromatic heterocycles. The molecule has 0 fully saturated rings. The molecule has 1 N–H and O–H groups in total. The Labute approximate surface area is 201 Å². The molecule has 0 radical (unpaired) electrons. The lowest BCUT2D eigenvalue weighted by molar-refractivity contribution is 0.0950. The minimum Gasteiger partial charge on any atom is -0.488 e. The van der Waals surface area contributed by atoms with Crippen LogP contribution in [0.4, 0.5) is 4.39 Å². The number of nitrogens with one attached hydrogen (secondary N) is 1. The van der Waals surface area contributed by atoms with Gasteiger partial charge in [0, 0.05) is 0 Å². The van der Waals surface area contributed by atoms with E-state index in [1.807, 2.05) is 37.3 Å². The van der Waals surface area contributed by atoms with Crippen LogP contribution in [-0.4, -0.2) is 21.9 Å². The van der Waals surface area contributed by atoms with Crippen LogP contribution in [0.1, 0.15) is 32.7 Å². The zero-order valence-corrected chi connectivity index (χ0v) is 19.2. The molecule has 34 heavy (non-hydrogen) atoms. The highest BCUT2D eigenvalue weighted by atomic mass is 35.5. The molecule has 0 atom stereocenters. The molecule has 4 rings (SSSR count). The molecule has 8 heteroatoms. The summed E-state index contributed by atoms with van der Waals surface area (Å²) in [6.07, 6.45) is 1.48. The highest BCUT2D eigenvalue weighted by Crippen LogP contribution is 2.21. The van der Waals surface area contributed by atoms with Gasteiger partial charge in [-0.25, -0.2) is 14.5 Å². The Morgan fingerprint density at radius 3 is 2.53 bits per heavy atom.